The quantitative estimate of drug-likeness (QED) is 0.741. The summed E-state index contributed by atoms with van der Waals surface area (Å²) in [5, 5.41) is 15.3. The third-order valence-electron chi connectivity index (χ3n) is 3.54. The minimum atomic E-state index is 0.604. The Hall–Kier alpha value is -2.69. The van der Waals surface area contributed by atoms with Gasteiger partial charge in [0.05, 0.1) is 0 Å². The number of nitrogens with one attached hydrogen (secondary N) is 1. The predicted octanol–water partition coefficient (Wildman–Crippen LogP) is 2.87. The number of allylic oxidation sites excluding steroid dienone is 2. The maximum absolute atomic E-state index is 4.03. The summed E-state index contributed by atoms with van der Waals surface area (Å²) in [7, 11) is 2.07. The molecule has 0 aliphatic heterocycles. The zero-order valence-electron chi connectivity index (χ0n) is 11.5. The van der Waals surface area contributed by atoms with E-state index in [4.69, 9.17) is 0 Å². The normalized spacial score (nSPS) is 11.5. The lowest BCUT2D eigenvalue weighted by Gasteiger charge is -1.99. The first-order chi connectivity index (χ1) is 9.72. The van der Waals surface area contributed by atoms with E-state index >= 15 is 0 Å². The molecule has 3 rings (SSSR count). The van der Waals surface area contributed by atoms with Crippen molar-refractivity contribution in [2.75, 3.05) is 0 Å². The van der Waals surface area contributed by atoms with Crippen molar-refractivity contribution in [2.24, 2.45) is 7.05 Å². The molecule has 100 valence electrons. The lowest BCUT2D eigenvalue weighted by molar-refractivity contribution is 0.881. The maximum atomic E-state index is 4.03. The van der Waals surface area contributed by atoms with E-state index in [2.05, 4.69) is 64.0 Å². The molecule has 0 saturated carbocycles. The number of nitrogens with zero attached hydrogens (tertiary/aromatic N) is 4. The highest BCUT2D eigenvalue weighted by Crippen LogP contribution is 2.29. The Labute approximate surface area is 116 Å². The fourth-order valence-corrected chi connectivity index (χ4v) is 2.40. The van der Waals surface area contributed by atoms with Crippen LogP contribution in [0, 0.1) is 6.92 Å². The molecule has 0 spiro atoms. The highest BCUT2D eigenvalue weighted by atomic mass is 15.5. The van der Waals surface area contributed by atoms with Gasteiger partial charge in [0.15, 0.2) is 0 Å². The molecular formula is C15H15N5. The van der Waals surface area contributed by atoms with Gasteiger partial charge in [-0.25, -0.2) is 0 Å². The summed E-state index contributed by atoms with van der Waals surface area (Å²) in [5.74, 6) is 0.604. The van der Waals surface area contributed by atoms with Crippen LogP contribution < -0.4 is 0 Å². The van der Waals surface area contributed by atoms with Gasteiger partial charge in [-0.15, -0.1) is 10.2 Å². The van der Waals surface area contributed by atoms with Crippen molar-refractivity contribution in [1.82, 2.24) is 25.2 Å². The summed E-state index contributed by atoms with van der Waals surface area (Å²) in [4.78, 5) is 0. The molecule has 0 bridgehead atoms. The first-order valence-electron chi connectivity index (χ1n) is 6.34. The molecular weight excluding hydrogens is 250 g/mol. The van der Waals surface area contributed by atoms with Crippen molar-refractivity contribution < 1.29 is 0 Å². The number of aromatic amines is 1. The topological polar surface area (TPSA) is 59.4 Å². The number of tetrazole rings is 1. The second-order valence-corrected chi connectivity index (χ2v) is 4.62. The summed E-state index contributed by atoms with van der Waals surface area (Å²) in [6.45, 7) is 5.83. The highest BCUT2D eigenvalue weighted by Gasteiger charge is 2.12. The Morgan fingerprint density at radius 2 is 2.20 bits per heavy atom. The van der Waals surface area contributed by atoms with Gasteiger partial charge in [-0.1, -0.05) is 24.8 Å². The van der Waals surface area contributed by atoms with Crippen molar-refractivity contribution in [3.05, 3.63) is 48.2 Å². The van der Waals surface area contributed by atoms with Crippen LogP contribution in [-0.2, 0) is 7.05 Å². The Morgan fingerprint density at radius 3 is 2.90 bits per heavy atom. The van der Waals surface area contributed by atoms with Crippen LogP contribution in [0.25, 0.3) is 28.4 Å². The smallest absolute Gasteiger partial charge is 0.204 e. The average Bonchev–Trinajstić information content (AvgIpc) is 3.07. The molecule has 0 aliphatic rings. The second kappa shape index (κ2) is 4.77. The Balaban J connectivity index is 2.27. The molecule has 5 heteroatoms. The van der Waals surface area contributed by atoms with Crippen LogP contribution >= 0.6 is 0 Å². The lowest BCUT2D eigenvalue weighted by Crippen LogP contribution is -1.90. The summed E-state index contributed by atoms with van der Waals surface area (Å²) in [6, 6.07) is 6.18. The van der Waals surface area contributed by atoms with Crippen molar-refractivity contribution in [1.29, 1.82) is 0 Å². The summed E-state index contributed by atoms with van der Waals surface area (Å²) < 4.78 is 2.18. The van der Waals surface area contributed by atoms with E-state index in [0.717, 1.165) is 5.56 Å². The number of hydrogen-bond donors (Lipinski definition) is 1. The van der Waals surface area contributed by atoms with Crippen molar-refractivity contribution >= 4 is 17.0 Å². The van der Waals surface area contributed by atoms with E-state index in [-0.39, 0.29) is 0 Å². The molecule has 0 amide bonds. The molecule has 2 aromatic heterocycles. The van der Waals surface area contributed by atoms with Crippen LogP contribution in [0.2, 0.25) is 0 Å². The van der Waals surface area contributed by atoms with Crippen molar-refractivity contribution in [2.45, 2.75) is 6.92 Å². The average molecular weight is 265 g/mol. The van der Waals surface area contributed by atoms with Crippen LogP contribution in [0.1, 0.15) is 11.3 Å². The maximum Gasteiger partial charge on any atom is 0.204 e. The summed E-state index contributed by atoms with van der Waals surface area (Å²) in [5.41, 5.74) is 4.53. The lowest BCUT2D eigenvalue weighted by atomic mass is 10.1. The number of fused-ring (bicyclic) bond motifs is 1. The van der Waals surface area contributed by atoms with E-state index in [9.17, 15) is 0 Å². The van der Waals surface area contributed by atoms with Gasteiger partial charge in [0.25, 0.3) is 0 Å². The molecule has 0 fully saturated rings. The predicted molar refractivity (Wildman–Crippen MR) is 80.1 cm³/mol. The fourth-order valence-electron chi connectivity index (χ4n) is 2.40. The third-order valence-corrected chi connectivity index (χ3v) is 3.54. The van der Waals surface area contributed by atoms with Gasteiger partial charge in [0.1, 0.15) is 0 Å². The summed E-state index contributed by atoms with van der Waals surface area (Å²) >= 11 is 0. The molecule has 1 N–H and O–H groups in total. The Kier molecular flexibility index (Phi) is 2.95. The monoisotopic (exact) mass is 265 g/mol. The molecule has 0 aliphatic carbocycles. The Bertz CT molecular complexity index is 793. The third kappa shape index (κ3) is 1.84. The first-order valence-corrected chi connectivity index (χ1v) is 6.34. The molecule has 0 atom stereocenters. The van der Waals surface area contributed by atoms with E-state index in [1.807, 2.05) is 12.1 Å². The van der Waals surface area contributed by atoms with Crippen LogP contribution in [0.3, 0.4) is 0 Å². The molecule has 20 heavy (non-hydrogen) atoms. The number of hydrogen-bond acceptors (Lipinski definition) is 3. The zero-order valence-corrected chi connectivity index (χ0v) is 11.5. The molecule has 5 nitrogen and oxygen atoms in total. The summed E-state index contributed by atoms with van der Waals surface area (Å²) in [6.07, 6.45) is 5.80. The molecule has 3 aromatic rings. The van der Waals surface area contributed by atoms with E-state index in [0.29, 0.717) is 5.82 Å². The minimum absolute atomic E-state index is 0.604. The van der Waals surface area contributed by atoms with Gasteiger partial charge in [0.2, 0.25) is 5.82 Å². The van der Waals surface area contributed by atoms with Crippen LogP contribution in [0.15, 0.2) is 36.9 Å². The molecule has 1 aromatic carbocycles. The van der Waals surface area contributed by atoms with Gasteiger partial charge < -0.3 is 4.57 Å². The van der Waals surface area contributed by atoms with Crippen LogP contribution in [-0.4, -0.2) is 25.2 Å². The van der Waals surface area contributed by atoms with Crippen LogP contribution in [0.5, 0.6) is 0 Å². The van der Waals surface area contributed by atoms with E-state index < -0.39 is 0 Å². The SMILES string of the molecule is C=C/C=C\c1c(C)n(C)c2ccc(-c3nn[nH]n3)cc12. The molecule has 0 saturated heterocycles. The van der Waals surface area contributed by atoms with Crippen molar-refractivity contribution in [3.8, 4) is 11.4 Å². The number of aromatic nitrogens is 5. The number of H-pyrrole nitrogens is 1. The second-order valence-electron chi connectivity index (χ2n) is 4.62. The van der Waals surface area contributed by atoms with Gasteiger partial charge in [-0.05, 0) is 30.3 Å². The standard InChI is InChI=1S/C15H15N5/c1-4-5-6-12-10(2)20(3)14-8-7-11(9-13(12)14)15-16-18-19-17-15/h4-9H,1H2,2-3H3,(H,16,17,18,19)/b6-5-. The largest absolute Gasteiger partial charge is 0.347 e. The number of aryl methyl sites for hydroxylation is 1. The van der Waals surface area contributed by atoms with Crippen LogP contribution in [0.4, 0.5) is 0 Å². The zero-order chi connectivity index (χ0) is 14.1. The molecule has 2 heterocycles. The molecule has 0 radical (unpaired) electrons. The fraction of sp³-hybridized carbons (Fsp3) is 0.133. The van der Waals surface area contributed by atoms with Gasteiger partial charge in [-0.2, -0.15) is 5.21 Å². The van der Waals surface area contributed by atoms with E-state index in [1.165, 1.54) is 22.2 Å². The van der Waals surface area contributed by atoms with Gasteiger partial charge in [-0.3, -0.25) is 0 Å². The number of rotatable bonds is 3. The number of benzene rings is 1. The van der Waals surface area contributed by atoms with Gasteiger partial charge >= 0.3 is 0 Å². The molecule has 0 unspecified atom stereocenters. The van der Waals surface area contributed by atoms with E-state index in [1.54, 1.807) is 6.08 Å². The minimum Gasteiger partial charge on any atom is -0.347 e. The Morgan fingerprint density at radius 1 is 1.35 bits per heavy atom. The first kappa shape index (κ1) is 12.3. The highest BCUT2D eigenvalue weighted by molar-refractivity contribution is 5.93. The van der Waals surface area contributed by atoms with Crippen molar-refractivity contribution in [3.63, 3.8) is 0 Å². The van der Waals surface area contributed by atoms with Gasteiger partial charge in [0, 0.05) is 34.8 Å².